The zero-order valence-corrected chi connectivity index (χ0v) is 11.1. The summed E-state index contributed by atoms with van der Waals surface area (Å²) in [7, 11) is 0. The number of halogens is 2. The van der Waals surface area contributed by atoms with Crippen LogP contribution < -0.4 is 5.32 Å². The van der Waals surface area contributed by atoms with E-state index in [4.69, 9.17) is 5.11 Å². The SMILES string of the molecule is O=C(NCC1(CO)CC1)c1ccc(SC(F)F)cc1. The molecular weight excluding hydrogens is 272 g/mol. The Kier molecular flexibility index (Phi) is 4.42. The molecule has 0 aromatic heterocycles. The van der Waals surface area contributed by atoms with E-state index in [-0.39, 0.29) is 17.9 Å². The summed E-state index contributed by atoms with van der Waals surface area (Å²) in [6.07, 6.45) is 1.85. The lowest BCUT2D eigenvalue weighted by Crippen LogP contribution is -2.31. The summed E-state index contributed by atoms with van der Waals surface area (Å²) in [6, 6.07) is 6.06. The fraction of sp³-hybridized carbons (Fsp3) is 0.462. The van der Waals surface area contributed by atoms with Crippen molar-refractivity contribution in [2.75, 3.05) is 13.2 Å². The van der Waals surface area contributed by atoms with E-state index in [9.17, 15) is 13.6 Å². The highest BCUT2D eigenvalue weighted by Crippen LogP contribution is 2.44. The van der Waals surface area contributed by atoms with E-state index in [2.05, 4.69) is 5.32 Å². The second-order valence-electron chi connectivity index (χ2n) is 4.74. The van der Waals surface area contributed by atoms with Gasteiger partial charge in [0.05, 0.1) is 6.61 Å². The van der Waals surface area contributed by atoms with Gasteiger partial charge in [-0.25, -0.2) is 0 Å². The highest BCUT2D eigenvalue weighted by atomic mass is 32.2. The maximum Gasteiger partial charge on any atom is 0.288 e. The van der Waals surface area contributed by atoms with Crippen LogP contribution in [-0.2, 0) is 0 Å². The number of carbonyl (C=O) groups excluding carboxylic acids is 1. The van der Waals surface area contributed by atoms with Crippen molar-refractivity contribution in [1.82, 2.24) is 5.32 Å². The number of hydrogen-bond donors (Lipinski definition) is 2. The number of aliphatic hydroxyl groups is 1. The highest BCUT2D eigenvalue weighted by molar-refractivity contribution is 7.99. The fourth-order valence-corrected chi connectivity index (χ4v) is 2.22. The minimum Gasteiger partial charge on any atom is -0.396 e. The number of hydrogen-bond acceptors (Lipinski definition) is 3. The van der Waals surface area contributed by atoms with Crippen LogP contribution in [0.3, 0.4) is 0 Å². The number of benzene rings is 1. The molecule has 1 aromatic rings. The highest BCUT2D eigenvalue weighted by Gasteiger charge is 2.42. The van der Waals surface area contributed by atoms with Crippen molar-refractivity contribution in [3.63, 3.8) is 0 Å². The lowest BCUT2D eigenvalue weighted by atomic mass is 10.1. The monoisotopic (exact) mass is 287 g/mol. The van der Waals surface area contributed by atoms with Gasteiger partial charge in [-0.15, -0.1) is 0 Å². The summed E-state index contributed by atoms with van der Waals surface area (Å²) in [5.41, 5.74) is 0.300. The first-order valence-electron chi connectivity index (χ1n) is 5.99. The minimum absolute atomic E-state index is 0.0806. The molecule has 0 spiro atoms. The van der Waals surface area contributed by atoms with Crippen molar-refractivity contribution in [2.24, 2.45) is 5.41 Å². The van der Waals surface area contributed by atoms with E-state index >= 15 is 0 Å². The van der Waals surface area contributed by atoms with Gasteiger partial charge in [-0.3, -0.25) is 4.79 Å². The van der Waals surface area contributed by atoms with Crippen LogP contribution >= 0.6 is 11.8 Å². The first-order chi connectivity index (χ1) is 9.04. The quantitative estimate of drug-likeness (QED) is 0.790. The van der Waals surface area contributed by atoms with E-state index in [1.54, 1.807) is 0 Å². The molecule has 1 fully saturated rings. The molecule has 2 N–H and O–H groups in total. The maximum absolute atomic E-state index is 12.1. The zero-order chi connectivity index (χ0) is 13.9. The van der Waals surface area contributed by atoms with Gasteiger partial charge in [0.15, 0.2) is 0 Å². The first-order valence-corrected chi connectivity index (χ1v) is 6.87. The summed E-state index contributed by atoms with van der Waals surface area (Å²) in [4.78, 5) is 12.3. The van der Waals surface area contributed by atoms with Crippen molar-refractivity contribution < 1.29 is 18.7 Å². The maximum atomic E-state index is 12.1. The average Bonchev–Trinajstić information content (AvgIpc) is 3.17. The van der Waals surface area contributed by atoms with Crippen molar-refractivity contribution in [3.05, 3.63) is 29.8 Å². The molecule has 0 saturated heterocycles. The van der Waals surface area contributed by atoms with Gasteiger partial charge in [-0.2, -0.15) is 8.78 Å². The predicted octanol–water partition coefficient (Wildman–Crippen LogP) is 2.50. The molecule has 6 heteroatoms. The van der Waals surface area contributed by atoms with Crippen molar-refractivity contribution >= 4 is 17.7 Å². The lowest BCUT2D eigenvalue weighted by Gasteiger charge is -2.12. The Balaban J connectivity index is 1.88. The van der Waals surface area contributed by atoms with Gasteiger partial charge in [0.25, 0.3) is 11.7 Å². The average molecular weight is 287 g/mol. The first kappa shape index (κ1) is 14.3. The third-order valence-corrected chi connectivity index (χ3v) is 3.98. The van der Waals surface area contributed by atoms with Gasteiger partial charge < -0.3 is 10.4 Å². The normalized spacial score (nSPS) is 16.4. The third-order valence-electron chi connectivity index (χ3n) is 3.26. The zero-order valence-electron chi connectivity index (χ0n) is 10.2. The minimum atomic E-state index is -2.46. The molecule has 0 aliphatic heterocycles. The number of carbonyl (C=O) groups is 1. The van der Waals surface area contributed by atoms with Crippen LogP contribution in [0.25, 0.3) is 0 Å². The Morgan fingerprint density at radius 2 is 2.00 bits per heavy atom. The number of thioether (sulfide) groups is 1. The molecule has 0 atom stereocenters. The Morgan fingerprint density at radius 3 is 2.47 bits per heavy atom. The van der Waals surface area contributed by atoms with Gasteiger partial charge >= 0.3 is 0 Å². The molecule has 0 heterocycles. The molecule has 104 valence electrons. The van der Waals surface area contributed by atoms with Crippen LogP contribution in [0.4, 0.5) is 8.78 Å². The van der Waals surface area contributed by atoms with Gasteiger partial charge in [0, 0.05) is 22.4 Å². The Labute approximate surface area is 114 Å². The molecule has 0 unspecified atom stereocenters. The van der Waals surface area contributed by atoms with E-state index in [1.807, 2.05) is 0 Å². The van der Waals surface area contributed by atoms with Crippen LogP contribution in [0.1, 0.15) is 23.2 Å². The molecule has 0 bridgehead atoms. The van der Waals surface area contributed by atoms with Crippen LogP contribution in [0.2, 0.25) is 0 Å². The molecular formula is C13H15F2NO2S. The molecule has 19 heavy (non-hydrogen) atoms. The number of amides is 1. The summed E-state index contributed by atoms with van der Waals surface area (Å²) in [6.45, 7) is 0.535. The van der Waals surface area contributed by atoms with E-state index in [1.165, 1.54) is 24.3 Å². The molecule has 3 nitrogen and oxygen atoms in total. The molecule has 1 saturated carbocycles. The topological polar surface area (TPSA) is 49.3 Å². The number of aliphatic hydroxyl groups excluding tert-OH is 1. The van der Waals surface area contributed by atoms with Crippen LogP contribution in [0, 0.1) is 5.41 Å². The van der Waals surface area contributed by atoms with Gasteiger partial charge in [-0.1, -0.05) is 11.8 Å². The van der Waals surface area contributed by atoms with Gasteiger partial charge in [-0.05, 0) is 37.1 Å². The molecule has 1 aliphatic rings. The Bertz CT molecular complexity index is 446. The van der Waals surface area contributed by atoms with Crippen molar-refractivity contribution in [3.8, 4) is 0 Å². The fourth-order valence-electron chi connectivity index (χ4n) is 1.73. The van der Waals surface area contributed by atoms with Crippen LogP contribution in [0.5, 0.6) is 0 Å². The van der Waals surface area contributed by atoms with Gasteiger partial charge in [0.2, 0.25) is 0 Å². The standard InChI is InChI=1S/C13H15F2NO2S/c14-12(15)19-10-3-1-9(2-4-10)11(18)16-7-13(8-17)5-6-13/h1-4,12,17H,5-8H2,(H,16,18). The smallest absolute Gasteiger partial charge is 0.288 e. The summed E-state index contributed by atoms with van der Waals surface area (Å²) >= 11 is 0.452. The predicted molar refractivity (Wildman–Crippen MR) is 69.4 cm³/mol. The summed E-state index contributed by atoms with van der Waals surface area (Å²) < 4.78 is 24.3. The molecule has 1 aromatic carbocycles. The number of alkyl halides is 2. The van der Waals surface area contributed by atoms with E-state index in [0.29, 0.717) is 28.8 Å². The molecule has 2 rings (SSSR count). The van der Waals surface area contributed by atoms with Crippen molar-refractivity contribution in [2.45, 2.75) is 23.5 Å². The summed E-state index contributed by atoms with van der Waals surface area (Å²) in [5.74, 6) is -2.70. The largest absolute Gasteiger partial charge is 0.396 e. The second-order valence-corrected chi connectivity index (χ2v) is 5.81. The molecule has 1 aliphatic carbocycles. The molecule has 0 radical (unpaired) electrons. The second kappa shape index (κ2) is 5.88. The van der Waals surface area contributed by atoms with Gasteiger partial charge in [0.1, 0.15) is 0 Å². The molecule has 1 amide bonds. The van der Waals surface area contributed by atoms with Crippen LogP contribution in [0.15, 0.2) is 29.2 Å². The third kappa shape index (κ3) is 3.91. The lowest BCUT2D eigenvalue weighted by molar-refractivity contribution is 0.0935. The van der Waals surface area contributed by atoms with Crippen molar-refractivity contribution in [1.29, 1.82) is 0 Å². The van der Waals surface area contributed by atoms with Crippen LogP contribution in [-0.4, -0.2) is 29.9 Å². The van der Waals surface area contributed by atoms with E-state index < -0.39 is 5.76 Å². The number of nitrogens with one attached hydrogen (secondary N) is 1. The Morgan fingerprint density at radius 1 is 1.37 bits per heavy atom. The van der Waals surface area contributed by atoms with E-state index in [0.717, 1.165) is 12.8 Å². The Hall–Kier alpha value is -1.14. The number of rotatable bonds is 6. The summed E-state index contributed by atoms with van der Waals surface area (Å²) in [5, 5.41) is 11.9.